The molecule has 2 atom stereocenters. The Balaban J connectivity index is 2.53. The topological polar surface area (TPSA) is 68.2 Å². The molecule has 6 nitrogen and oxygen atoms in total. The van der Waals surface area contributed by atoms with Crippen molar-refractivity contribution in [3.05, 3.63) is 48.0 Å². The molecule has 2 aromatic rings. The zero-order valence-electron chi connectivity index (χ0n) is 16.7. The van der Waals surface area contributed by atoms with Gasteiger partial charge in [-0.2, -0.15) is 0 Å². The highest BCUT2D eigenvalue weighted by molar-refractivity contribution is 7.67. The van der Waals surface area contributed by atoms with Crippen molar-refractivity contribution >= 4 is 18.4 Å². The number of aliphatic hydroxyl groups excluding tert-OH is 1. The van der Waals surface area contributed by atoms with Crippen molar-refractivity contribution in [3.63, 3.8) is 0 Å². The Labute approximate surface area is 161 Å². The minimum Gasteiger partial charge on any atom is -0.497 e. The highest BCUT2D eigenvalue weighted by atomic mass is 31.2. The summed E-state index contributed by atoms with van der Waals surface area (Å²) in [4.78, 5) is 1.95. The Kier molecular flexibility index (Phi) is 6.93. The fraction of sp³-hybridized carbons (Fsp3) is 0.400. The van der Waals surface area contributed by atoms with Gasteiger partial charge >= 0.3 is 0 Å². The van der Waals surface area contributed by atoms with Gasteiger partial charge in [0.2, 0.25) is 0 Å². The number of ether oxygens (including phenoxy) is 2. The van der Waals surface area contributed by atoms with Crippen LogP contribution in [0.25, 0.3) is 0 Å². The van der Waals surface area contributed by atoms with Crippen molar-refractivity contribution in [1.82, 2.24) is 0 Å². The van der Waals surface area contributed by atoms with E-state index in [4.69, 9.17) is 14.0 Å². The van der Waals surface area contributed by atoms with Crippen LogP contribution in [0.4, 0.5) is 5.69 Å². The summed E-state index contributed by atoms with van der Waals surface area (Å²) >= 11 is 0. The molecule has 0 saturated carbocycles. The van der Waals surface area contributed by atoms with Gasteiger partial charge in [0.15, 0.2) is 5.85 Å². The van der Waals surface area contributed by atoms with E-state index >= 15 is 0 Å². The average Bonchev–Trinajstić information content (AvgIpc) is 2.66. The summed E-state index contributed by atoms with van der Waals surface area (Å²) in [6, 6.07) is 12.2. The molecule has 0 saturated heterocycles. The first-order valence-electron chi connectivity index (χ1n) is 8.69. The molecule has 0 radical (unpaired) electrons. The SMILES string of the molecule is COc1ccc([C@H](O)[P@](=O)(OC(C)C)c2ccc(N(C)C)cc2)c(OC)c1. The number of hydrogen-bond donors (Lipinski definition) is 1. The van der Waals surface area contributed by atoms with Crippen LogP contribution in [0, 0.1) is 0 Å². The number of benzene rings is 2. The zero-order valence-corrected chi connectivity index (χ0v) is 17.6. The molecule has 0 aliphatic heterocycles. The van der Waals surface area contributed by atoms with Crippen LogP contribution in [0.5, 0.6) is 11.5 Å². The Morgan fingerprint density at radius 1 is 1.00 bits per heavy atom. The van der Waals surface area contributed by atoms with Crippen LogP contribution in [0.1, 0.15) is 25.3 Å². The average molecular weight is 393 g/mol. The lowest BCUT2D eigenvalue weighted by molar-refractivity contribution is 0.186. The van der Waals surface area contributed by atoms with E-state index in [0.29, 0.717) is 22.4 Å². The summed E-state index contributed by atoms with van der Waals surface area (Å²) in [5.41, 5.74) is 1.35. The number of nitrogens with zero attached hydrogens (tertiary/aromatic N) is 1. The second-order valence-electron chi connectivity index (χ2n) is 6.64. The van der Waals surface area contributed by atoms with Gasteiger partial charge in [-0.25, -0.2) is 0 Å². The van der Waals surface area contributed by atoms with Gasteiger partial charge < -0.3 is 24.0 Å². The van der Waals surface area contributed by atoms with Gasteiger partial charge in [0, 0.05) is 36.7 Å². The van der Waals surface area contributed by atoms with Crippen LogP contribution in [-0.2, 0) is 9.09 Å². The molecule has 0 aliphatic carbocycles. The minimum atomic E-state index is -3.64. The fourth-order valence-electron chi connectivity index (χ4n) is 2.75. The number of anilines is 1. The molecule has 148 valence electrons. The number of aliphatic hydroxyl groups is 1. The van der Waals surface area contributed by atoms with E-state index in [-0.39, 0.29) is 6.10 Å². The van der Waals surface area contributed by atoms with Gasteiger partial charge in [0.25, 0.3) is 7.37 Å². The standard InChI is InChI=1S/C20H28NO5P/c1-14(2)26-27(23,17-10-7-15(8-11-17)21(3)4)20(22)18-12-9-16(24-5)13-19(18)25-6/h7-14,20,22H,1-6H3/t20-,27-/m1/s1. The van der Waals surface area contributed by atoms with Gasteiger partial charge in [-0.15, -0.1) is 0 Å². The molecule has 0 amide bonds. The van der Waals surface area contributed by atoms with Crippen LogP contribution in [0.2, 0.25) is 0 Å². The molecule has 0 unspecified atom stereocenters. The van der Waals surface area contributed by atoms with Crippen LogP contribution in [0.15, 0.2) is 42.5 Å². The van der Waals surface area contributed by atoms with E-state index in [2.05, 4.69) is 0 Å². The van der Waals surface area contributed by atoms with Crippen LogP contribution in [0.3, 0.4) is 0 Å². The molecular formula is C20H28NO5P. The van der Waals surface area contributed by atoms with Gasteiger partial charge in [-0.3, -0.25) is 4.57 Å². The van der Waals surface area contributed by atoms with E-state index in [1.165, 1.54) is 7.11 Å². The van der Waals surface area contributed by atoms with Crippen molar-refractivity contribution in [2.75, 3.05) is 33.2 Å². The monoisotopic (exact) mass is 393 g/mol. The van der Waals surface area contributed by atoms with Crippen LogP contribution in [-0.4, -0.2) is 39.5 Å². The molecule has 0 aliphatic rings. The summed E-state index contributed by atoms with van der Waals surface area (Å²) in [7, 11) is 3.25. The Bertz CT molecular complexity index is 805. The largest absolute Gasteiger partial charge is 0.497 e. The maximum absolute atomic E-state index is 13.9. The van der Waals surface area contributed by atoms with Crippen molar-refractivity contribution < 1.29 is 23.7 Å². The molecule has 27 heavy (non-hydrogen) atoms. The Hall–Kier alpha value is -2.01. The highest BCUT2D eigenvalue weighted by Crippen LogP contribution is 2.60. The lowest BCUT2D eigenvalue weighted by atomic mass is 10.2. The summed E-state index contributed by atoms with van der Waals surface area (Å²) in [5.74, 6) is -0.400. The predicted octanol–water partition coefficient (Wildman–Crippen LogP) is 3.79. The van der Waals surface area contributed by atoms with Crippen molar-refractivity contribution in [3.8, 4) is 11.5 Å². The number of rotatable bonds is 8. The van der Waals surface area contributed by atoms with Gasteiger partial charge in [0.1, 0.15) is 11.5 Å². The third-order valence-electron chi connectivity index (χ3n) is 4.13. The number of methoxy groups -OCH3 is 2. The maximum atomic E-state index is 13.9. The lowest BCUT2D eigenvalue weighted by Gasteiger charge is -2.27. The summed E-state index contributed by atoms with van der Waals surface area (Å²) in [5, 5.41) is 11.5. The molecule has 0 fully saturated rings. The third-order valence-corrected chi connectivity index (χ3v) is 6.81. The second-order valence-corrected chi connectivity index (χ2v) is 9.05. The molecule has 1 N–H and O–H groups in total. The summed E-state index contributed by atoms with van der Waals surface area (Å²) < 4.78 is 30.2. The van der Waals surface area contributed by atoms with Gasteiger partial charge in [-0.1, -0.05) is 0 Å². The van der Waals surface area contributed by atoms with E-state index < -0.39 is 13.2 Å². The van der Waals surface area contributed by atoms with Gasteiger partial charge in [0.05, 0.1) is 20.3 Å². The highest BCUT2D eigenvalue weighted by Gasteiger charge is 2.39. The van der Waals surface area contributed by atoms with Crippen LogP contribution >= 0.6 is 7.37 Å². The normalized spacial score (nSPS) is 14.5. The second kappa shape index (κ2) is 8.79. The van der Waals surface area contributed by atoms with E-state index in [0.717, 1.165) is 5.69 Å². The maximum Gasteiger partial charge on any atom is 0.264 e. The van der Waals surface area contributed by atoms with E-state index in [9.17, 15) is 9.67 Å². The van der Waals surface area contributed by atoms with Crippen molar-refractivity contribution in [2.24, 2.45) is 0 Å². The minimum absolute atomic E-state index is 0.330. The first-order valence-corrected chi connectivity index (χ1v) is 10.4. The lowest BCUT2D eigenvalue weighted by Crippen LogP contribution is -2.18. The molecule has 0 heterocycles. The third kappa shape index (κ3) is 4.64. The van der Waals surface area contributed by atoms with Crippen LogP contribution < -0.4 is 19.7 Å². The first-order chi connectivity index (χ1) is 12.7. The number of hydrogen-bond acceptors (Lipinski definition) is 6. The fourth-order valence-corrected chi connectivity index (χ4v) is 5.04. The molecule has 0 bridgehead atoms. The molecule has 2 rings (SSSR count). The summed E-state index contributed by atoms with van der Waals surface area (Å²) in [6.07, 6.45) is -0.330. The molecule has 0 aromatic heterocycles. The molecule has 2 aromatic carbocycles. The zero-order chi connectivity index (χ0) is 20.2. The van der Waals surface area contributed by atoms with Crippen molar-refractivity contribution in [1.29, 1.82) is 0 Å². The first kappa shape index (κ1) is 21.3. The Morgan fingerprint density at radius 3 is 2.11 bits per heavy atom. The Morgan fingerprint density at radius 2 is 1.63 bits per heavy atom. The smallest absolute Gasteiger partial charge is 0.264 e. The predicted molar refractivity (Wildman–Crippen MR) is 109 cm³/mol. The molecular weight excluding hydrogens is 365 g/mol. The molecule has 0 spiro atoms. The quantitative estimate of drug-likeness (QED) is 0.689. The molecule has 7 heteroatoms. The summed E-state index contributed by atoms with van der Waals surface area (Å²) in [6.45, 7) is 3.58. The van der Waals surface area contributed by atoms with E-state index in [1.807, 2.05) is 31.1 Å². The van der Waals surface area contributed by atoms with Crippen molar-refractivity contribution in [2.45, 2.75) is 25.8 Å². The van der Waals surface area contributed by atoms with E-state index in [1.54, 1.807) is 51.3 Å². The van der Waals surface area contributed by atoms with Gasteiger partial charge in [-0.05, 0) is 50.2 Å².